The van der Waals surface area contributed by atoms with Crippen LogP contribution in [0.25, 0.3) is 10.2 Å². The molecule has 0 bridgehead atoms. The molecule has 1 saturated heterocycles. The Morgan fingerprint density at radius 2 is 2.06 bits per heavy atom. The van der Waals surface area contributed by atoms with Crippen molar-refractivity contribution >= 4 is 44.3 Å². The number of aromatic nitrogens is 1. The Morgan fingerprint density at radius 1 is 1.16 bits per heavy atom. The van der Waals surface area contributed by atoms with Crippen molar-refractivity contribution < 1.29 is 14.3 Å². The van der Waals surface area contributed by atoms with Gasteiger partial charge in [-0.15, -0.1) is 0 Å². The van der Waals surface area contributed by atoms with Crippen LogP contribution in [0.4, 0.5) is 5.13 Å². The van der Waals surface area contributed by atoms with E-state index in [1.807, 2.05) is 42.5 Å². The second kappa shape index (κ2) is 10.3. The first kappa shape index (κ1) is 21.9. The predicted octanol–water partition coefficient (Wildman–Crippen LogP) is 4.26. The first-order chi connectivity index (χ1) is 15.1. The molecule has 1 aliphatic heterocycles. The lowest BCUT2D eigenvalue weighted by Crippen LogP contribution is -2.33. The minimum Gasteiger partial charge on any atom is -0.492 e. The first-order valence-corrected chi connectivity index (χ1v) is 11.6. The fourth-order valence-corrected chi connectivity index (χ4v) is 4.98. The van der Waals surface area contributed by atoms with Gasteiger partial charge in [0, 0.05) is 37.7 Å². The molecule has 164 valence electrons. The van der Waals surface area contributed by atoms with E-state index in [-0.39, 0.29) is 12.4 Å². The molecule has 31 heavy (non-hydrogen) atoms. The van der Waals surface area contributed by atoms with E-state index in [1.165, 1.54) is 7.11 Å². The Balaban J connectivity index is 1.27. The maximum absolute atomic E-state index is 11.5. The Bertz CT molecular complexity index is 1040. The van der Waals surface area contributed by atoms with Crippen molar-refractivity contribution in [2.24, 2.45) is 0 Å². The van der Waals surface area contributed by atoms with Gasteiger partial charge in [-0.1, -0.05) is 35.1 Å². The average molecular weight is 460 g/mol. The molecule has 1 aliphatic rings. The van der Waals surface area contributed by atoms with Gasteiger partial charge in [-0.05, 0) is 42.3 Å². The maximum atomic E-state index is 11.5. The van der Waals surface area contributed by atoms with Gasteiger partial charge in [0.05, 0.1) is 23.7 Å². The van der Waals surface area contributed by atoms with Gasteiger partial charge in [0.15, 0.2) is 5.13 Å². The molecule has 0 saturated carbocycles. The molecular formula is C23H26ClN3O3S. The predicted molar refractivity (Wildman–Crippen MR) is 126 cm³/mol. The zero-order valence-electron chi connectivity index (χ0n) is 17.6. The lowest BCUT2D eigenvalue weighted by molar-refractivity contribution is -0.139. The first-order valence-electron chi connectivity index (χ1n) is 10.4. The highest BCUT2D eigenvalue weighted by atomic mass is 35.5. The van der Waals surface area contributed by atoms with Gasteiger partial charge in [-0.2, -0.15) is 0 Å². The molecule has 8 heteroatoms. The number of halogens is 1. The number of thiazole rings is 1. The van der Waals surface area contributed by atoms with E-state index in [4.69, 9.17) is 26.1 Å². The average Bonchev–Trinajstić information content (AvgIpc) is 3.04. The fourth-order valence-electron chi connectivity index (χ4n) is 3.68. The molecule has 4 rings (SSSR count). The molecule has 1 aromatic heterocycles. The molecule has 0 aliphatic carbocycles. The Morgan fingerprint density at radius 3 is 2.94 bits per heavy atom. The second-order valence-electron chi connectivity index (χ2n) is 7.54. The molecule has 2 heterocycles. The number of nitrogens with zero attached hydrogens (tertiary/aromatic N) is 3. The van der Waals surface area contributed by atoms with Crippen LogP contribution in [-0.4, -0.2) is 62.3 Å². The van der Waals surface area contributed by atoms with E-state index in [0.29, 0.717) is 6.61 Å². The van der Waals surface area contributed by atoms with Gasteiger partial charge in [0.2, 0.25) is 0 Å². The van der Waals surface area contributed by atoms with E-state index >= 15 is 0 Å². The van der Waals surface area contributed by atoms with E-state index in [2.05, 4.69) is 9.80 Å². The summed E-state index contributed by atoms with van der Waals surface area (Å²) in [6, 6.07) is 13.5. The van der Waals surface area contributed by atoms with Crippen molar-refractivity contribution in [1.29, 1.82) is 0 Å². The van der Waals surface area contributed by atoms with Gasteiger partial charge in [0.1, 0.15) is 12.4 Å². The highest BCUT2D eigenvalue weighted by Crippen LogP contribution is 2.31. The van der Waals surface area contributed by atoms with Crippen LogP contribution in [0.5, 0.6) is 5.75 Å². The van der Waals surface area contributed by atoms with E-state index < -0.39 is 0 Å². The summed E-state index contributed by atoms with van der Waals surface area (Å²) in [5.41, 5.74) is 1.90. The van der Waals surface area contributed by atoms with Crippen molar-refractivity contribution in [3.63, 3.8) is 0 Å². The maximum Gasteiger partial charge on any atom is 0.309 e. The number of anilines is 1. The lowest BCUT2D eigenvalue weighted by Gasteiger charge is -2.21. The number of hydrogen-bond acceptors (Lipinski definition) is 7. The number of benzene rings is 2. The Kier molecular flexibility index (Phi) is 7.27. The van der Waals surface area contributed by atoms with Crippen LogP contribution in [0.1, 0.15) is 12.0 Å². The van der Waals surface area contributed by atoms with Crippen LogP contribution in [0, 0.1) is 0 Å². The molecule has 0 amide bonds. The topological polar surface area (TPSA) is 54.9 Å². The highest BCUT2D eigenvalue weighted by molar-refractivity contribution is 7.22. The van der Waals surface area contributed by atoms with E-state index in [1.54, 1.807) is 11.3 Å². The molecule has 3 aromatic rings. The summed E-state index contributed by atoms with van der Waals surface area (Å²) in [6.07, 6.45) is 1.35. The van der Waals surface area contributed by atoms with Crippen LogP contribution in [0.15, 0.2) is 42.5 Å². The monoisotopic (exact) mass is 459 g/mol. The van der Waals surface area contributed by atoms with Crippen molar-refractivity contribution in [3.05, 3.63) is 53.1 Å². The summed E-state index contributed by atoms with van der Waals surface area (Å²) in [7, 11) is 1.40. The largest absolute Gasteiger partial charge is 0.492 e. The SMILES string of the molecule is COC(=O)Cc1cccc(OCCN2CCCN(c3nc4ccc(Cl)cc4s3)CC2)c1. The minimum absolute atomic E-state index is 0.248. The van der Waals surface area contributed by atoms with E-state index in [0.717, 1.165) is 70.8 Å². The summed E-state index contributed by atoms with van der Waals surface area (Å²) in [5, 5.41) is 1.82. The van der Waals surface area contributed by atoms with Crippen molar-refractivity contribution in [3.8, 4) is 5.75 Å². The quantitative estimate of drug-likeness (QED) is 0.492. The zero-order valence-corrected chi connectivity index (χ0v) is 19.1. The van der Waals surface area contributed by atoms with Gasteiger partial charge in [0.25, 0.3) is 0 Å². The number of fused-ring (bicyclic) bond motifs is 1. The number of carbonyl (C=O) groups is 1. The third kappa shape index (κ3) is 5.87. The number of methoxy groups -OCH3 is 1. The van der Waals surface area contributed by atoms with Crippen LogP contribution in [-0.2, 0) is 16.0 Å². The third-order valence-electron chi connectivity index (χ3n) is 5.35. The Labute approximate surface area is 191 Å². The highest BCUT2D eigenvalue weighted by Gasteiger charge is 2.18. The summed E-state index contributed by atoms with van der Waals surface area (Å²) < 4.78 is 11.8. The summed E-state index contributed by atoms with van der Waals surface area (Å²) in [5.74, 6) is 0.536. The smallest absolute Gasteiger partial charge is 0.309 e. The lowest BCUT2D eigenvalue weighted by atomic mass is 10.1. The molecule has 0 spiro atoms. The molecular weight excluding hydrogens is 434 g/mol. The summed E-state index contributed by atoms with van der Waals surface area (Å²) >= 11 is 7.82. The summed E-state index contributed by atoms with van der Waals surface area (Å²) in [4.78, 5) is 21.1. The van der Waals surface area contributed by atoms with Crippen molar-refractivity contribution in [2.45, 2.75) is 12.8 Å². The number of esters is 1. The minimum atomic E-state index is -0.248. The fraction of sp³-hybridized carbons (Fsp3) is 0.391. The van der Waals surface area contributed by atoms with Gasteiger partial charge in [-0.25, -0.2) is 4.98 Å². The molecule has 0 atom stereocenters. The third-order valence-corrected chi connectivity index (χ3v) is 6.66. The van der Waals surface area contributed by atoms with Crippen molar-refractivity contribution in [1.82, 2.24) is 9.88 Å². The van der Waals surface area contributed by atoms with E-state index in [9.17, 15) is 4.79 Å². The van der Waals surface area contributed by atoms with Crippen LogP contribution >= 0.6 is 22.9 Å². The standard InChI is InChI=1S/C23H26ClN3O3S/c1-29-22(28)15-17-4-2-5-19(14-17)30-13-12-26-8-3-9-27(11-10-26)23-25-20-7-6-18(24)16-21(20)31-23/h2,4-7,14,16H,3,8-13,15H2,1H3. The number of hydrogen-bond donors (Lipinski definition) is 0. The summed E-state index contributed by atoms with van der Waals surface area (Å²) in [6.45, 7) is 5.44. The number of carbonyl (C=O) groups excluding carboxylic acids is 1. The molecule has 0 N–H and O–H groups in total. The molecule has 1 fully saturated rings. The van der Waals surface area contributed by atoms with Crippen LogP contribution < -0.4 is 9.64 Å². The van der Waals surface area contributed by atoms with Crippen LogP contribution in [0.3, 0.4) is 0 Å². The molecule has 0 unspecified atom stereocenters. The van der Waals surface area contributed by atoms with Crippen LogP contribution in [0.2, 0.25) is 5.02 Å². The van der Waals surface area contributed by atoms with Crippen molar-refractivity contribution in [2.75, 3.05) is 51.3 Å². The number of ether oxygens (including phenoxy) is 2. The molecule has 0 radical (unpaired) electrons. The second-order valence-corrected chi connectivity index (χ2v) is 8.99. The van der Waals surface area contributed by atoms with Gasteiger partial charge in [-0.3, -0.25) is 9.69 Å². The molecule has 6 nitrogen and oxygen atoms in total. The van der Waals surface area contributed by atoms with Gasteiger partial charge >= 0.3 is 5.97 Å². The normalized spacial score (nSPS) is 15.1. The zero-order chi connectivity index (χ0) is 21.6. The molecule has 2 aromatic carbocycles. The van der Waals surface area contributed by atoms with Gasteiger partial charge < -0.3 is 14.4 Å². The Hall–Kier alpha value is -2.35. The number of rotatable bonds is 7.